The molecule has 1 atom stereocenters. The molecule has 1 aliphatic rings. The van der Waals surface area contributed by atoms with Gasteiger partial charge in [0.2, 0.25) is 5.96 Å². The molecule has 1 aromatic carbocycles. The van der Waals surface area contributed by atoms with E-state index in [4.69, 9.17) is 5.41 Å². The van der Waals surface area contributed by atoms with Crippen molar-refractivity contribution < 1.29 is 4.79 Å². The van der Waals surface area contributed by atoms with Gasteiger partial charge in [0.1, 0.15) is 6.04 Å². The van der Waals surface area contributed by atoms with Crippen molar-refractivity contribution >= 4 is 17.6 Å². The minimum atomic E-state index is -0.329. The summed E-state index contributed by atoms with van der Waals surface area (Å²) in [5.41, 5.74) is 0.238. The minimum Gasteiger partial charge on any atom is -0.325 e. The van der Waals surface area contributed by atoms with Crippen molar-refractivity contribution in [3.63, 3.8) is 0 Å². The smallest absolute Gasteiger partial charge is 0.257 e. The van der Waals surface area contributed by atoms with Crippen molar-refractivity contribution in [1.29, 1.82) is 5.41 Å². The topological polar surface area (TPSA) is 47.4 Å². The summed E-state index contributed by atoms with van der Waals surface area (Å²) in [5, 5.41) is 8.53. The molecule has 0 aliphatic carbocycles. The first-order valence-corrected chi connectivity index (χ1v) is 7.32. The molecule has 0 spiro atoms. The molecule has 1 heterocycles. The third kappa shape index (κ3) is 2.67. The second-order valence-electron chi connectivity index (χ2n) is 7.64. The Bertz CT molecular complexity index is 520. The van der Waals surface area contributed by atoms with Gasteiger partial charge in [0.25, 0.3) is 5.91 Å². The average molecular weight is 287 g/mol. The summed E-state index contributed by atoms with van der Waals surface area (Å²) in [6.07, 6.45) is 0. The normalized spacial score (nSPS) is 20.4. The highest BCUT2D eigenvalue weighted by Crippen LogP contribution is 2.38. The number of nitrogens with zero attached hydrogens (tertiary/aromatic N) is 2. The molecule has 0 bridgehead atoms. The maximum atomic E-state index is 13.0. The molecule has 0 saturated carbocycles. The fourth-order valence-corrected chi connectivity index (χ4v) is 2.86. The molecule has 0 aromatic heterocycles. The highest BCUT2D eigenvalue weighted by atomic mass is 16.2. The molecule has 4 nitrogen and oxygen atoms in total. The Hall–Kier alpha value is -1.84. The number of amides is 1. The molecule has 1 aliphatic heterocycles. The van der Waals surface area contributed by atoms with E-state index < -0.39 is 0 Å². The molecule has 1 N–H and O–H groups in total. The van der Waals surface area contributed by atoms with Gasteiger partial charge in [0.05, 0.1) is 5.69 Å². The standard InChI is InChI=1S/C17H25N3O/c1-16(2,3)13-14(21)19(12-10-8-7-9-11-12)15(18)20(13)17(4,5)6/h7-11,13,18H,1-6H3. The number of anilines is 1. The van der Waals surface area contributed by atoms with Gasteiger partial charge >= 0.3 is 0 Å². The van der Waals surface area contributed by atoms with Crippen molar-refractivity contribution in [3.8, 4) is 0 Å². The molecule has 1 amide bonds. The molecule has 21 heavy (non-hydrogen) atoms. The van der Waals surface area contributed by atoms with E-state index in [9.17, 15) is 4.79 Å². The van der Waals surface area contributed by atoms with Crippen LogP contribution in [0.2, 0.25) is 0 Å². The molecule has 4 heteroatoms. The molecule has 1 fully saturated rings. The number of hydrogen-bond donors (Lipinski definition) is 1. The zero-order chi connectivity index (χ0) is 16.0. The van der Waals surface area contributed by atoms with Crippen LogP contribution in [-0.2, 0) is 4.79 Å². The van der Waals surface area contributed by atoms with E-state index >= 15 is 0 Å². The van der Waals surface area contributed by atoms with Crippen molar-refractivity contribution in [2.45, 2.75) is 53.1 Å². The van der Waals surface area contributed by atoms with Crippen LogP contribution < -0.4 is 4.90 Å². The van der Waals surface area contributed by atoms with Gasteiger partial charge in [-0.3, -0.25) is 10.2 Å². The van der Waals surface area contributed by atoms with Gasteiger partial charge in [-0.25, -0.2) is 4.90 Å². The van der Waals surface area contributed by atoms with E-state index in [2.05, 4.69) is 20.8 Å². The van der Waals surface area contributed by atoms with Gasteiger partial charge in [-0.15, -0.1) is 0 Å². The van der Waals surface area contributed by atoms with Crippen LogP contribution in [0.5, 0.6) is 0 Å². The molecule has 114 valence electrons. The van der Waals surface area contributed by atoms with Crippen molar-refractivity contribution in [3.05, 3.63) is 30.3 Å². The molecule has 2 rings (SSSR count). The first-order valence-electron chi connectivity index (χ1n) is 7.32. The van der Waals surface area contributed by atoms with Crippen LogP contribution in [0.15, 0.2) is 30.3 Å². The molecular formula is C17H25N3O. The summed E-state index contributed by atoms with van der Waals surface area (Å²) in [7, 11) is 0. The van der Waals surface area contributed by atoms with Crippen molar-refractivity contribution in [2.75, 3.05) is 4.90 Å². The van der Waals surface area contributed by atoms with Crippen LogP contribution in [0.3, 0.4) is 0 Å². The summed E-state index contributed by atoms with van der Waals surface area (Å²) in [4.78, 5) is 16.4. The lowest BCUT2D eigenvalue weighted by atomic mass is 9.84. The van der Waals surface area contributed by atoms with E-state index in [1.807, 2.05) is 56.0 Å². The first kappa shape index (κ1) is 15.5. The zero-order valence-electron chi connectivity index (χ0n) is 13.8. The molecule has 1 unspecified atom stereocenters. The fourth-order valence-electron chi connectivity index (χ4n) is 2.86. The van der Waals surface area contributed by atoms with Crippen LogP contribution in [0.25, 0.3) is 0 Å². The number of para-hydroxylation sites is 1. The third-order valence-corrected chi connectivity index (χ3v) is 3.71. The number of nitrogens with one attached hydrogen (secondary N) is 1. The summed E-state index contributed by atoms with van der Waals surface area (Å²) < 4.78 is 0. The summed E-state index contributed by atoms with van der Waals surface area (Å²) >= 11 is 0. The highest BCUT2D eigenvalue weighted by molar-refractivity contribution is 6.22. The van der Waals surface area contributed by atoms with Gasteiger partial charge in [-0.05, 0) is 38.3 Å². The molecular weight excluding hydrogens is 262 g/mol. The minimum absolute atomic E-state index is 0.0198. The molecule has 1 aromatic rings. The lowest BCUT2D eigenvalue weighted by molar-refractivity contribution is -0.123. The second-order valence-corrected chi connectivity index (χ2v) is 7.64. The van der Waals surface area contributed by atoms with E-state index in [-0.39, 0.29) is 28.9 Å². The van der Waals surface area contributed by atoms with E-state index in [0.717, 1.165) is 5.69 Å². The third-order valence-electron chi connectivity index (χ3n) is 3.71. The highest BCUT2D eigenvalue weighted by Gasteiger charge is 2.52. The number of hydrogen-bond acceptors (Lipinski definition) is 2. The number of carbonyl (C=O) groups excluding carboxylic acids is 1. The quantitative estimate of drug-likeness (QED) is 0.859. The predicted octanol–water partition coefficient (Wildman–Crippen LogP) is 3.48. The Balaban J connectivity index is 2.53. The van der Waals surface area contributed by atoms with Crippen LogP contribution in [0, 0.1) is 10.8 Å². The maximum absolute atomic E-state index is 13.0. The van der Waals surface area contributed by atoms with Gasteiger partial charge in [-0.2, -0.15) is 0 Å². The number of benzene rings is 1. The van der Waals surface area contributed by atoms with Crippen molar-refractivity contribution in [1.82, 2.24) is 4.90 Å². The van der Waals surface area contributed by atoms with Gasteiger partial charge < -0.3 is 4.90 Å². The number of rotatable bonds is 1. The molecule has 1 saturated heterocycles. The van der Waals surface area contributed by atoms with E-state index in [1.54, 1.807) is 0 Å². The zero-order valence-corrected chi connectivity index (χ0v) is 13.8. The molecule has 0 radical (unpaired) electrons. The largest absolute Gasteiger partial charge is 0.325 e. The Kier molecular flexibility index (Phi) is 3.60. The SMILES string of the molecule is CC(C)(C)C1C(=O)N(c2ccccc2)C(=N)N1C(C)(C)C. The summed E-state index contributed by atoms with van der Waals surface area (Å²) in [6.45, 7) is 12.3. The van der Waals surface area contributed by atoms with Gasteiger partial charge in [-0.1, -0.05) is 39.0 Å². The summed E-state index contributed by atoms with van der Waals surface area (Å²) in [5.74, 6) is 0.243. The van der Waals surface area contributed by atoms with Crippen LogP contribution >= 0.6 is 0 Å². The van der Waals surface area contributed by atoms with Crippen LogP contribution in [0.4, 0.5) is 5.69 Å². The van der Waals surface area contributed by atoms with Gasteiger partial charge in [0, 0.05) is 5.54 Å². The fraction of sp³-hybridized carbons (Fsp3) is 0.529. The Morgan fingerprint density at radius 1 is 1.00 bits per heavy atom. The van der Waals surface area contributed by atoms with E-state index in [0.29, 0.717) is 0 Å². The van der Waals surface area contributed by atoms with Crippen molar-refractivity contribution in [2.24, 2.45) is 5.41 Å². The van der Waals surface area contributed by atoms with Crippen LogP contribution in [-0.4, -0.2) is 28.3 Å². The Labute approximate surface area is 127 Å². The Morgan fingerprint density at radius 2 is 1.52 bits per heavy atom. The maximum Gasteiger partial charge on any atom is 0.257 e. The van der Waals surface area contributed by atoms with E-state index in [1.165, 1.54) is 4.90 Å². The first-order chi connectivity index (χ1) is 9.55. The van der Waals surface area contributed by atoms with Gasteiger partial charge in [0.15, 0.2) is 0 Å². The number of guanidine groups is 1. The Morgan fingerprint density at radius 3 is 1.90 bits per heavy atom. The lowest BCUT2D eigenvalue weighted by Gasteiger charge is -2.41. The second kappa shape index (κ2) is 4.86. The predicted molar refractivity (Wildman–Crippen MR) is 86.5 cm³/mol. The summed E-state index contributed by atoms with van der Waals surface area (Å²) in [6, 6.07) is 9.11. The number of carbonyl (C=O) groups is 1. The van der Waals surface area contributed by atoms with Crippen LogP contribution in [0.1, 0.15) is 41.5 Å². The monoisotopic (exact) mass is 287 g/mol. The average Bonchev–Trinajstić information content (AvgIpc) is 2.61. The lowest BCUT2D eigenvalue weighted by Crippen LogP contribution is -2.53.